The second-order valence-corrected chi connectivity index (χ2v) is 8.22. The van der Waals surface area contributed by atoms with Crippen molar-refractivity contribution in [2.75, 3.05) is 0 Å². The Hall–Kier alpha value is -2.14. The minimum Gasteiger partial charge on any atom is -0.352 e. The molecule has 2 atom stereocenters. The first-order valence-electron chi connectivity index (χ1n) is 9.70. The number of halogens is 1. The standard InChI is InChI=1S/C23H29BrN2O2/c1-5-17(3)25-23(28)18(4)26(15-20-7-6-8-21(24)13-20)22(27)14-19-11-9-16(2)10-12-19/h6-13,17-18H,5,14-15H2,1-4H3,(H,25,28)/t17-,18+/m0/s1. The number of aryl methyl sites for hydroxylation is 1. The van der Waals surface area contributed by atoms with Gasteiger partial charge in [0, 0.05) is 17.1 Å². The van der Waals surface area contributed by atoms with E-state index in [9.17, 15) is 9.59 Å². The molecule has 0 spiro atoms. The number of carbonyl (C=O) groups is 2. The van der Waals surface area contributed by atoms with Gasteiger partial charge in [-0.15, -0.1) is 0 Å². The molecule has 4 nitrogen and oxygen atoms in total. The fourth-order valence-corrected chi connectivity index (χ4v) is 3.31. The number of amides is 2. The van der Waals surface area contributed by atoms with Crippen molar-refractivity contribution in [2.24, 2.45) is 0 Å². The Labute approximate surface area is 176 Å². The number of hydrogen-bond donors (Lipinski definition) is 1. The monoisotopic (exact) mass is 444 g/mol. The molecule has 2 rings (SSSR count). The zero-order valence-corrected chi connectivity index (χ0v) is 18.6. The van der Waals surface area contributed by atoms with Gasteiger partial charge < -0.3 is 10.2 Å². The van der Waals surface area contributed by atoms with Crippen molar-refractivity contribution in [1.29, 1.82) is 0 Å². The van der Waals surface area contributed by atoms with Crippen molar-refractivity contribution in [1.82, 2.24) is 10.2 Å². The lowest BCUT2D eigenvalue weighted by Crippen LogP contribution is -2.49. The van der Waals surface area contributed by atoms with E-state index in [0.717, 1.165) is 27.6 Å². The van der Waals surface area contributed by atoms with Gasteiger partial charge in [0.15, 0.2) is 0 Å². The van der Waals surface area contributed by atoms with Crippen LogP contribution in [0.4, 0.5) is 0 Å². The third-order valence-corrected chi connectivity index (χ3v) is 5.38. The highest BCUT2D eigenvalue weighted by Crippen LogP contribution is 2.17. The average Bonchev–Trinajstić information content (AvgIpc) is 2.67. The largest absolute Gasteiger partial charge is 0.352 e. The van der Waals surface area contributed by atoms with Gasteiger partial charge in [0.1, 0.15) is 6.04 Å². The maximum atomic E-state index is 13.1. The van der Waals surface area contributed by atoms with Gasteiger partial charge in [-0.25, -0.2) is 0 Å². The number of hydrogen-bond acceptors (Lipinski definition) is 2. The van der Waals surface area contributed by atoms with E-state index in [1.807, 2.05) is 69.3 Å². The van der Waals surface area contributed by atoms with Crippen LogP contribution in [0.5, 0.6) is 0 Å². The molecule has 0 heterocycles. The van der Waals surface area contributed by atoms with E-state index in [1.54, 1.807) is 11.8 Å². The quantitative estimate of drug-likeness (QED) is 0.644. The molecule has 2 amide bonds. The topological polar surface area (TPSA) is 49.4 Å². The predicted octanol–water partition coefficient (Wildman–Crippen LogP) is 4.63. The van der Waals surface area contributed by atoms with Crippen molar-refractivity contribution < 1.29 is 9.59 Å². The molecule has 0 saturated heterocycles. The van der Waals surface area contributed by atoms with Crippen LogP contribution in [0.3, 0.4) is 0 Å². The van der Waals surface area contributed by atoms with Crippen LogP contribution in [0.25, 0.3) is 0 Å². The Kier molecular flexibility index (Phi) is 8.24. The number of carbonyl (C=O) groups excluding carboxylic acids is 2. The summed E-state index contributed by atoms with van der Waals surface area (Å²) >= 11 is 3.47. The first-order chi connectivity index (χ1) is 13.3. The summed E-state index contributed by atoms with van der Waals surface area (Å²) in [6, 6.07) is 15.3. The number of rotatable bonds is 8. The lowest BCUT2D eigenvalue weighted by Gasteiger charge is -2.30. The summed E-state index contributed by atoms with van der Waals surface area (Å²) < 4.78 is 0.952. The summed E-state index contributed by atoms with van der Waals surface area (Å²) in [7, 11) is 0. The van der Waals surface area contributed by atoms with E-state index in [2.05, 4.69) is 21.2 Å². The van der Waals surface area contributed by atoms with Crippen molar-refractivity contribution in [3.05, 3.63) is 69.7 Å². The van der Waals surface area contributed by atoms with Gasteiger partial charge in [0.2, 0.25) is 11.8 Å². The third-order valence-electron chi connectivity index (χ3n) is 4.89. The van der Waals surface area contributed by atoms with Gasteiger partial charge in [0.25, 0.3) is 0 Å². The van der Waals surface area contributed by atoms with Gasteiger partial charge in [-0.05, 0) is 50.5 Å². The first-order valence-corrected chi connectivity index (χ1v) is 10.5. The molecule has 0 saturated carbocycles. The molecule has 150 valence electrons. The Bertz CT molecular complexity index is 805. The smallest absolute Gasteiger partial charge is 0.242 e. The highest BCUT2D eigenvalue weighted by molar-refractivity contribution is 9.10. The van der Waals surface area contributed by atoms with Gasteiger partial charge >= 0.3 is 0 Å². The Morgan fingerprint density at radius 1 is 1.07 bits per heavy atom. The molecule has 1 N–H and O–H groups in total. The van der Waals surface area contributed by atoms with Crippen LogP contribution in [0.2, 0.25) is 0 Å². The maximum Gasteiger partial charge on any atom is 0.242 e. The summed E-state index contributed by atoms with van der Waals surface area (Å²) in [5, 5.41) is 2.99. The van der Waals surface area contributed by atoms with Crippen molar-refractivity contribution in [3.63, 3.8) is 0 Å². The molecular formula is C23H29BrN2O2. The lowest BCUT2D eigenvalue weighted by molar-refractivity contribution is -0.140. The summed E-state index contributed by atoms with van der Waals surface area (Å²) in [5.74, 6) is -0.183. The molecule has 0 radical (unpaired) electrons. The van der Waals surface area contributed by atoms with Crippen LogP contribution in [0, 0.1) is 6.92 Å². The van der Waals surface area contributed by atoms with E-state index in [1.165, 1.54) is 0 Å². The number of nitrogens with zero attached hydrogens (tertiary/aromatic N) is 1. The third kappa shape index (κ3) is 6.48. The van der Waals surface area contributed by atoms with Crippen molar-refractivity contribution in [3.8, 4) is 0 Å². The number of benzene rings is 2. The molecule has 5 heteroatoms. The molecular weight excluding hydrogens is 416 g/mol. The average molecular weight is 445 g/mol. The highest BCUT2D eigenvalue weighted by Gasteiger charge is 2.26. The number of nitrogens with one attached hydrogen (secondary N) is 1. The maximum absolute atomic E-state index is 13.1. The normalized spacial score (nSPS) is 12.9. The molecule has 2 aromatic carbocycles. The molecule has 0 aliphatic rings. The van der Waals surface area contributed by atoms with E-state index in [-0.39, 0.29) is 24.3 Å². The summed E-state index contributed by atoms with van der Waals surface area (Å²) in [6.45, 7) is 8.20. The molecule has 0 aliphatic carbocycles. The molecule has 0 fully saturated rings. The Balaban J connectivity index is 2.22. The van der Waals surface area contributed by atoms with Crippen LogP contribution < -0.4 is 5.32 Å². The van der Waals surface area contributed by atoms with Crippen molar-refractivity contribution >= 4 is 27.7 Å². The van der Waals surface area contributed by atoms with Crippen LogP contribution in [-0.2, 0) is 22.6 Å². The SMILES string of the molecule is CC[C@H](C)NC(=O)[C@@H](C)N(Cc1cccc(Br)c1)C(=O)Cc1ccc(C)cc1. The highest BCUT2D eigenvalue weighted by atomic mass is 79.9. The first kappa shape index (κ1) is 22.2. The summed E-state index contributed by atoms with van der Waals surface area (Å²) in [4.78, 5) is 27.5. The molecule has 2 aromatic rings. The summed E-state index contributed by atoms with van der Waals surface area (Å²) in [6.07, 6.45) is 1.12. The zero-order chi connectivity index (χ0) is 20.7. The van der Waals surface area contributed by atoms with Crippen LogP contribution >= 0.6 is 15.9 Å². The van der Waals surface area contributed by atoms with Gasteiger partial charge in [0.05, 0.1) is 6.42 Å². The van der Waals surface area contributed by atoms with E-state index >= 15 is 0 Å². The molecule has 0 aromatic heterocycles. The van der Waals surface area contributed by atoms with Crippen molar-refractivity contribution in [2.45, 2.75) is 59.2 Å². The molecule has 0 unspecified atom stereocenters. The minimum absolute atomic E-state index is 0.0596. The lowest BCUT2D eigenvalue weighted by atomic mass is 10.1. The Morgan fingerprint density at radius 2 is 1.75 bits per heavy atom. The van der Waals surface area contributed by atoms with E-state index in [4.69, 9.17) is 0 Å². The van der Waals surface area contributed by atoms with Crippen LogP contribution in [0.1, 0.15) is 43.9 Å². The van der Waals surface area contributed by atoms with Gasteiger partial charge in [-0.1, -0.05) is 64.8 Å². The molecule has 0 aliphatic heterocycles. The second kappa shape index (κ2) is 10.4. The van der Waals surface area contributed by atoms with Crippen LogP contribution in [0.15, 0.2) is 53.0 Å². The summed E-state index contributed by atoms with van der Waals surface area (Å²) in [5.41, 5.74) is 3.09. The minimum atomic E-state index is -0.550. The predicted molar refractivity (Wildman–Crippen MR) is 117 cm³/mol. The van der Waals surface area contributed by atoms with Crippen LogP contribution in [-0.4, -0.2) is 28.8 Å². The molecule has 28 heavy (non-hydrogen) atoms. The second-order valence-electron chi connectivity index (χ2n) is 7.31. The fraction of sp³-hybridized carbons (Fsp3) is 0.391. The van der Waals surface area contributed by atoms with E-state index in [0.29, 0.717) is 6.54 Å². The Morgan fingerprint density at radius 3 is 2.36 bits per heavy atom. The fourth-order valence-electron chi connectivity index (χ4n) is 2.86. The molecule has 0 bridgehead atoms. The zero-order valence-electron chi connectivity index (χ0n) is 17.0. The van der Waals surface area contributed by atoms with Gasteiger partial charge in [-0.3, -0.25) is 9.59 Å². The van der Waals surface area contributed by atoms with Gasteiger partial charge in [-0.2, -0.15) is 0 Å². The van der Waals surface area contributed by atoms with E-state index < -0.39 is 6.04 Å².